The number of hydrogen-bond acceptors (Lipinski definition) is 4. The van der Waals surface area contributed by atoms with Gasteiger partial charge in [0.2, 0.25) is 0 Å². The molecule has 1 amide bonds. The predicted molar refractivity (Wildman–Crippen MR) is 133 cm³/mol. The van der Waals surface area contributed by atoms with E-state index in [2.05, 4.69) is 43.3 Å². The molecule has 3 aromatic rings. The first-order chi connectivity index (χ1) is 16.0. The molecule has 0 aromatic heterocycles. The number of carbonyl (C=O) groups excluding carboxylic acids is 1. The largest absolute Gasteiger partial charge is 0.496 e. The molecule has 0 saturated heterocycles. The Bertz CT molecular complexity index is 1100. The van der Waals surface area contributed by atoms with Gasteiger partial charge in [-0.05, 0) is 56.7 Å². The van der Waals surface area contributed by atoms with Crippen LogP contribution in [0.25, 0.3) is 0 Å². The molecule has 1 heterocycles. The number of nitrogens with zero attached hydrogens (tertiary/aromatic N) is 3. The van der Waals surface area contributed by atoms with Crippen molar-refractivity contribution in [3.8, 4) is 5.75 Å². The fourth-order valence-corrected chi connectivity index (χ4v) is 4.96. The molecule has 4 rings (SSSR count). The standard InChI is InChI=1S/C28H33N3O2/c1-29(2)20-12-19-28(23-14-6-5-7-15-23)24-16-9-10-17-25(24)31(27(28)32)30(3)21-22-13-8-11-18-26(22)33-4/h5-11,13-18H,12,19-21H2,1-4H3/t28-/m1/s1. The number of para-hydroxylation sites is 2. The number of ether oxygens (including phenoxy) is 1. The monoisotopic (exact) mass is 443 g/mol. The van der Waals surface area contributed by atoms with E-state index in [0.717, 1.165) is 47.5 Å². The van der Waals surface area contributed by atoms with Crippen molar-refractivity contribution in [1.82, 2.24) is 9.91 Å². The molecule has 172 valence electrons. The fraction of sp³-hybridized carbons (Fsp3) is 0.321. The van der Waals surface area contributed by atoms with E-state index in [1.165, 1.54) is 0 Å². The molecule has 0 aliphatic carbocycles. The Morgan fingerprint density at radius 1 is 0.879 bits per heavy atom. The zero-order valence-corrected chi connectivity index (χ0v) is 20.0. The predicted octanol–water partition coefficient (Wildman–Crippen LogP) is 4.72. The van der Waals surface area contributed by atoms with Crippen LogP contribution in [0, 0.1) is 0 Å². The van der Waals surface area contributed by atoms with Gasteiger partial charge < -0.3 is 9.64 Å². The Morgan fingerprint density at radius 2 is 1.55 bits per heavy atom. The second-order valence-electron chi connectivity index (χ2n) is 8.94. The van der Waals surface area contributed by atoms with Gasteiger partial charge in [0.05, 0.1) is 12.8 Å². The van der Waals surface area contributed by atoms with E-state index >= 15 is 0 Å². The molecular formula is C28H33N3O2. The summed E-state index contributed by atoms with van der Waals surface area (Å²) < 4.78 is 5.56. The van der Waals surface area contributed by atoms with Gasteiger partial charge in [0, 0.05) is 19.2 Å². The molecule has 0 unspecified atom stereocenters. The van der Waals surface area contributed by atoms with E-state index in [-0.39, 0.29) is 5.91 Å². The Kier molecular flexibility index (Phi) is 6.82. The molecule has 0 saturated carbocycles. The van der Waals surface area contributed by atoms with Crippen LogP contribution in [-0.4, -0.2) is 50.6 Å². The van der Waals surface area contributed by atoms with Gasteiger partial charge in [0.25, 0.3) is 5.91 Å². The van der Waals surface area contributed by atoms with Gasteiger partial charge in [0.15, 0.2) is 0 Å². The van der Waals surface area contributed by atoms with Crippen molar-refractivity contribution < 1.29 is 9.53 Å². The van der Waals surface area contributed by atoms with Crippen LogP contribution >= 0.6 is 0 Å². The Morgan fingerprint density at radius 3 is 2.27 bits per heavy atom. The SMILES string of the molecule is COc1ccccc1CN(C)N1C(=O)[C@](CCCN(C)C)(c2ccccc2)c2ccccc21. The van der Waals surface area contributed by atoms with E-state index in [1.807, 2.05) is 71.7 Å². The van der Waals surface area contributed by atoms with Crippen molar-refractivity contribution in [2.75, 3.05) is 39.8 Å². The number of fused-ring (bicyclic) bond motifs is 1. The second kappa shape index (κ2) is 9.77. The summed E-state index contributed by atoms with van der Waals surface area (Å²) in [4.78, 5) is 16.6. The highest BCUT2D eigenvalue weighted by Gasteiger charge is 2.52. The van der Waals surface area contributed by atoms with Gasteiger partial charge in [-0.15, -0.1) is 0 Å². The number of benzene rings is 3. The first kappa shape index (κ1) is 23.0. The molecular weight excluding hydrogens is 410 g/mol. The third-order valence-electron chi connectivity index (χ3n) is 6.51. The van der Waals surface area contributed by atoms with E-state index in [4.69, 9.17) is 4.74 Å². The summed E-state index contributed by atoms with van der Waals surface area (Å²) in [6.45, 7) is 1.49. The lowest BCUT2D eigenvalue weighted by atomic mass is 9.72. The lowest BCUT2D eigenvalue weighted by Gasteiger charge is -2.33. The van der Waals surface area contributed by atoms with E-state index in [1.54, 1.807) is 7.11 Å². The quantitative estimate of drug-likeness (QED) is 0.480. The normalized spacial score (nSPS) is 17.6. The van der Waals surface area contributed by atoms with Gasteiger partial charge in [-0.3, -0.25) is 4.79 Å². The topological polar surface area (TPSA) is 36.0 Å². The van der Waals surface area contributed by atoms with E-state index < -0.39 is 5.41 Å². The minimum Gasteiger partial charge on any atom is -0.496 e. The van der Waals surface area contributed by atoms with Crippen molar-refractivity contribution >= 4 is 11.6 Å². The summed E-state index contributed by atoms with van der Waals surface area (Å²) >= 11 is 0. The molecule has 3 aromatic carbocycles. The summed E-state index contributed by atoms with van der Waals surface area (Å²) in [5, 5.41) is 3.88. The summed E-state index contributed by atoms with van der Waals surface area (Å²) in [6, 6.07) is 26.4. The maximum atomic E-state index is 14.4. The molecule has 0 bridgehead atoms. The van der Waals surface area contributed by atoms with Gasteiger partial charge in [0.1, 0.15) is 11.2 Å². The number of carbonyl (C=O) groups is 1. The third kappa shape index (κ3) is 4.26. The number of hydrazine groups is 1. The van der Waals surface area contributed by atoms with Crippen LogP contribution in [0.2, 0.25) is 0 Å². The molecule has 5 nitrogen and oxygen atoms in total. The highest BCUT2D eigenvalue weighted by Crippen LogP contribution is 2.49. The molecule has 33 heavy (non-hydrogen) atoms. The van der Waals surface area contributed by atoms with Gasteiger partial charge >= 0.3 is 0 Å². The highest BCUT2D eigenvalue weighted by atomic mass is 16.5. The average Bonchev–Trinajstić information content (AvgIpc) is 3.08. The second-order valence-corrected chi connectivity index (χ2v) is 8.94. The molecule has 1 aliphatic rings. The van der Waals surface area contributed by atoms with Crippen LogP contribution in [0.1, 0.15) is 29.5 Å². The van der Waals surface area contributed by atoms with Crippen molar-refractivity contribution in [2.24, 2.45) is 0 Å². The summed E-state index contributed by atoms with van der Waals surface area (Å²) in [5.41, 5.74) is 3.41. The first-order valence-electron chi connectivity index (χ1n) is 11.5. The lowest BCUT2D eigenvalue weighted by Crippen LogP contribution is -2.48. The van der Waals surface area contributed by atoms with Crippen LogP contribution in [-0.2, 0) is 16.8 Å². The number of hydrogen-bond donors (Lipinski definition) is 0. The van der Waals surface area contributed by atoms with Gasteiger partial charge in [-0.1, -0.05) is 66.7 Å². The van der Waals surface area contributed by atoms with Crippen molar-refractivity contribution in [3.63, 3.8) is 0 Å². The number of amides is 1. The smallest absolute Gasteiger partial charge is 0.256 e. The van der Waals surface area contributed by atoms with Crippen LogP contribution in [0.4, 0.5) is 5.69 Å². The van der Waals surface area contributed by atoms with Crippen LogP contribution < -0.4 is 9.75 Å². The Hall–Kier alpha value is -3.15. The number of rotatable bonds is 9. The minimum atomic E-state index is -0.705. The molecule has 1 atom stereocenters. The van der Waals surface area contributed by atoms with Gasteiger partial charge in [-0.25, -0.2) is 10.0 Å². The van der Waals surface area contributed by atoms with Crippen LogP contribution in [0.3, 0.4) is 0 Å². The third-order valence-corrected chi connectivity index (χ3v) is 6.51. The molecule has 5 heteroatoms. The lowest BCUT2D eigenvalue weighted by molar-refractivity contribution is -0.124. The molecule has 0 fully saturated rings. The van der Waals surface area contributed by atoms with Crippen molar-refractivity contribution in [2.45, 2.75) is 24.8 Å². The molecule has 0 N–H and O–H groups in total. The zero-order chi connectivity index (χ0) is 23.4. The van der Waals surface area contributed by atoms with E-state index in [0.29, 0.717) is 6.54 Å². The molecule has 1 aliphatic heterocycles. The van der Waals surface area contributed by atoms with Crippen molar-refractivity contribution in [1.29, 1.82) is 0 Å². The number of methoxy groups -OCH3 is 1. The molecule has 0 spiro atoms. The fourth-order valence-electron chi connectivity index (χ4n) is 4.96. The Balaban J connectivity index is 1.77. The zero-order valence-electron chi connectivity index (χ0n) is 20.0. The summed E-state index contributed by atoms with van der Waals surface area (Å²) in [6.07, 6.45) is 1.68. The van der Waals surface area contributed by atoms with Crippen LogP contribution in [0.5, 0.6) is 5.75 Å². The Labute approximate surface area is 197 Å². The first-order valence-corrected chi connectivity index (χ1v) is 11.5. The van der Waals surface area contributed by atoms with Gasteiger partial charge in [-0.2, -0.15) is 0 Å². The molecule has 0 radical (unpaired) electrons. The average molecular weight is 444 g/mol. The number of anilines is 1. The van der Waals surface area contributed by atoms with Crippen molar-refractivity contribution in [3.05, 3.63) is 95.6 Å². The summed E-state index contributed by atoms with van der Waals surface area (Å²) in [7, 11) is 7.81. The minimum absolute atomic E-state index is 0.103. The van der Waals surface area contributed by atoms with E-state index in [9.17, 15) is 4.79 Å². The maximum absolute atomic E-state index is 14.4. The highest BCUT2D eigenvalue weighted by molar-refractivity contribution is 6.09. The summed E-state index contributed by atoms with van der Waals surface area (Å²) in [5.74, 6) is 0.927. The van der Waals surface area contributed by atoms with Crippen LogP contribution in [0.15, 0.2) is 78.9 Å². The maximum Gasteiger partial charge on any atom is 0.256 e.